The van der Waals surface area contributed by atoms with E-state index in [-0.39, 0.29) is 6.10 Å². The van der Waals surface area contributed by atoms with E-state index in [4.69, 9.17) is 10.5 Å². The number of hydrogen-bond donors (Lipinski definition) is 2. The maximum Gasteiger partial charge on any atom is 0.0874 e. The largest absolute Gasteiger partial charge is 0.399 e. The lowest BCUT2D eigenvalue weighted by Gasteiger charge is -2.30. The van der Waals surface area contributed by atoms with Crippen LogP contribution in [0.3, 0.4) is 0 Å². The first-order valence-electron chi connectivity index (χ1n) is 6.04. The van der Waals surface area contributed by atoms with E-state index in [9.17, 15) is 0 Å². The number of likely N-dealkylation sites (N-methyl/N-ethyl adjacent to an activating group) is 1. The minimum absolute atomic E-state index is 0.260. The molecule has 4 heteroatoms. The van der Waals surface area contributed by atoms with Crippen LogP contribution in [-0.2, 0) is 4.74 Å². The van der Waals surface area contributed by atoms with E-state index in [0.717, 1.165) is 37.6 Å². The average molecular weight is 235 g/mol. The van der Waals surface area contributed by atoms with Crippen molar-refractivity contribution in [2.75, 3.05) is 44.3 Å². The number of anilines is 2. The van der Waals surface area contributed by atoms with E-state index in [2.05, 4.69) is 23.3 Å². The number of benzene rings is 1. The molecule has 1 saturated heterocycles. The van der Waals surface area contributed by atoms with Crippen molar-refractivity contribution in [3.8, 4) is 0 Å². The van der Waals surface area contributed by atoms with Crippen LogP contribution in [0.25, 0.3) is 0 Å². The highest BCUT2D eigenvalue weighted by atomic mass is 16.5. The van der Waals surface area contributed by atoms with Gasteiger partial charge < -0.3 is 20.7 Å². The second-order valence-electron chi connectivity index (χ2n) is 4.77. The number of rotatable bonds is 3. The van der Waals surface area contributed by atoms with Gasteiger partial charge in [-0.15, -0.1) is 0 Å². The molecule has 0 spiro atoms. The number of nitrogens with zero attached hydrogens (tertiary/aromatic N) is 1. The summed E-state index contributed by atoms with van der Waals surface area (Å²) in [5.41, 5.74) is 8.85. The number of morpholine rings is 1. The number of aryl methyl sites for hydroxylation is 1. The highest BCUT2D eigenvalue weighted by Gasteiger charge is 2.17. The van der Waals surface area contributed by atoms with Crippen LogP contribution in [-0.4, -0.2) is 44.3 Å². The Morgan fingerprint density at radius 3 is 3.00 bits per heavy atom. The van der Waals surface area contributed by atoms with Crippen molar-refractivity contribution < 1.29 is 4.74 Å². The summed E-state index contributed by atoms with van der Waals surface area (Å²) in [5, 5.41) is 3.38. The molecule has 94 valence electrons. The summed E-state index contributed by atoms with van der Waals surface area (Å²) >= 11 is 0. The summed E-state index contributed by atoms with van der Waals surface area (Å²) in [6.07, 6.45) is 0.260. The van der Waals surface area contributed by atoms with Gasteiger partial charge in [-0.3, -0.25) is 0 Å². The fourth-order valence-corrected chi connectivity index (χ4v) is 2.14. The van der Waals surface area contributed by atoms with Crippen LogP contribution in [0.4, 0.5) is 11.4 Å². The maximum atomic E-state index is 5.81. The predicted octanol–water partition coefficient (Wildman–Crippen LogP) is 1.32. The summed E-state index contributed by atoms with van der Waals surface area (Å²) in [6.45, 7) is 5.70. The van der Waals surface area contributed by atoms with E-state index < -0.39 is 0 Å². The number of nitrogen functional groups attached to an aromatic ring is 1. The second kappa shape index (κ2) is 5.38. The summed E-state index contributed by atoms with van der Waals surface area (Å²) in [6, 6.07) is 6.03. The van der Waals surface area contributed by atoms with E-state index in [1.54, 1.807) is 0 Å². The van der Waals surface area contributed by atoms with Crippen molar-refractivity contribution in [1.29, 1.82) is 0 Å². The van der Waals surface area contributed by atoms with E-state index in [1.165, 1.54) is 5.56 Å². The van der Waals surface area contributed by atoms with Crippen LogP contribution in [0.1, 0.15) is 5.56 Å². The summed E-state index contributed by atoms with van der Waals surface area (Å²) < 4.78 is 5.70. The van der Waals surface area contributed by atoms with Gasteiger partial charge in [-0.2, -0.15) is 0 Å². The van der Waals surface area contributed by atoms with Crippen LogP contribution < -0.4 is 11.1 Å². The Hall–Kier alpha value is -1.26. The molecule has 1 aliphatic rings. The Balaban J connectivity index is 1.88. The van der Waals surface area contributed by atoms with Gasteiger partial charge in [0.2, 0.25) is 0 Å². The van der Waals surface area contributed by atoms with Crippen LogP contribution >= 0.6 is 0 Å². The molecule has 0 radical (unpaired) electrons. The third-order valence-electron chi connectivity index (χ3n) is 2.98. The highest BCUT2D eigenvalue weighted by Crippen LogP contribution is 2.16. The number of nitrogens with two attached hydrogens (primary N) is 1. The van der Waals surface area contributed by atoms with Gasteiger partial charge in [0.15, 0.2) is 0 Å². The molecule has 1 unspecified atom stereocenters. The van der Waals surface area contributed by atoms with Gasteiger partial charge in [0.25, 0.3) is 0 Å². The van der Waals surface area contributed by atoms with Crippen LogP contribution in [0.2, 0.25) is 0 Å². The lowest BCUT2D eigenvalue weighted by atomic mass is 10.2. The van der Waals surface area contributed by atoms with Gasteiger partial charge in [-0.05, 0) is 37.7 Å². The van der Waals surface area contributed by atoms with Crippen molar-refractivity contribution in [2.24, 2.45) is 0 Å². The number of nitrogens with one attached hydrogen (secondary N) is 1. The second-order valence-corrected chi connectivity index (χ2v) is 4.77. The minimum atomic E-state index is 0.260. The zero-order chi connectivity index (χ0) is 12.3. The maximum absolute atomic E-state index is 5.81. The van der Waals surface area contributed by atoms with E-state index >= 15 is 0 Å². The molecule has 0 saturated carbocycles. The Morgan fingerprint density at radius 2 is 2.29 bits per heavy atom. The van der Waals surface area contributed by atoms with Gasteiger partial charge in [0.1, 0.15) is 0 Å². The molecule has 17 heavy (non-hydrogen) atoms. The van der Waals surface area contributed by atoms with Crippen molar-refractivity contribution >= 4 is 11.4 Å². The molecule has 0 aliphatic carbocycles. The number of ether oxygens (including phenoxy) is 1. The first kappa shape index (κ1) is 12.2. The zero-order valence-electron chi connectivity index (χ0n) is 10.6. The Bertz CT molecular complexity index is 361. The summed E-state index contributed by atoms with van der Waals surface area (Å²) in [7, 11) is 2.13. The van der Waals surface area contributed by atoms with Crippen LogP contribution in [0.15, 0.2) is 18.2 Å². The van der Waals surface area contributed by atoms with Gasteiger partial charge in [0.05, 0.1) is 12.7 Å². The molecule has 1 aliphatic heterocycles. The van der Waals surface area contributed by atoms with Crippen molar-refractivity contribution in [2.45, 2.75) is 13.0 Å². The van der Waals surface area contributed by atoms with Crippen LogP contribution in [0, 0.1) is 6.92 Å². The normalized spacial score (nSPS) is 21.4. The number of hydrogen-bond acceptors (Lipinski definition) is 4. The van der Waals surface area contributed by atoms with Crippen molar-refractivity contribution in [1.82, 2.24) is 4.90 Å². The molecule has 0 amide bonds. The quantitative estimate of drug-likeness (QED) is 0.776. The van der Waals surface area contributed by atoms with Gasteiger partial charge in [-0.1, -0.05) is 0 Å². The molecule has 3 N–H and O–H groups in total. The molecule has 0 aromatic heterocycles. The SMILES string of the molecule is Cc1cc(N)cc(NCC2CN(C)CCO2)c1. The standard InChI is InChI=1S/C13H21N3O/c1-10-5-11(14)7-12(6-10)15-8-13-9-16(2)3-4-17-13/h5-7,13,15H,3-4,8-9,14H2,1-2H3. The monoisotopic (exact) mass is 235 g/mol. The summed E-state index contributed by atoms with van der Waals surface area (Å²) in [4.78, 5) is 2.29. The van der Waals surface area contributed by atoms with E-state index in [1.807, 2.05) is 19.1 Å². The molecule has 1 aromatic carbocycles. The van der Waals surface area contributed by atoms with E-state index in [0.29, 0.717) is 0 Å². The third kappa shape index (κ3) is 3.61. The molecule has 1 fully saturated rings. The first-order chi connectivity index (χ1) is 8.13. The molecule has 0 bridgehead atoms. The fourth-order valence-electron chi connectivity index (χ4n) is 2.14. The minimum Gasteiger partial charge on any atom is -0.399 e. The van der Waals surface area contributed by atoms with Crippen molar-refractivity contribution in [3.63, 3.8) is 0 Å². The molecule has 2 rings (SSSR count). The lowest BCUT2D eigenvalue weighted by Crippen LogP contribution is -2.43. The topological polar surface area (TPSA) is 50.5 Å². The summed E-state index contributed by atoms with van der Waals surface area (Å²) in [5.74, 6) is 0. The molecular formula is C13H21N3O. The van der Waals surface area contributed by atoms with Crippen molar-refractivity contribution in [3.05, 3.63) is 23.8 Å². The molecular weight excluding hydrogens is 214 g/mol. The fraction of sp³-hybridized carbons (Fsp3) is 0.538. The van der Waals surface area contributed by atoms with Gasteiger partial charge in [-0.25, -0.2) is 0 Å². The predicted molar refractivity (Wildman–Crippen MR) is 71.3 cm³/mol. The molecule has 1 aromatic rings. The third-order valence-corrected chi connectivity index (χ3v) is 2.98. The Kier molecular flexibility index (Phi) is 3.86. The Morgan fingerprint density at radius 1 is 1.47 bits per heavy atom. The molecule has 4 nitrogen and oxygen atoms in total. The zero-order valence-corrected chi connectivity index (χ0v) is 10.6. The van der Waals surface area contributed by atoms with Crippen LogP contribution in [0.5, 0.6) is 0 Å². The smallest absolute Gasteiger partial charge is 0.0874 e. The van der Waals surface area contributed by atoms with Gasteiger partial charge in [0, 0.05) is 31.0 Å². The average Bonchev–Trinajstić information content (AvgIpc) is 2.25. The van der Waals surface area contributed by atoms with Gasteiger partial charge >= 0.3 is 0 Å². The first-order valence-corrected chi connectivity index (χ1v) is 6.04. The lowest BCUT2D eigenvalue weighted by molar-refractivity contribution is -0.0117. The molecule has 1 heterocycles. The Labute approximate surface area is 103 Å². The highest BCUT2D eigenvalue weighted by molar-refractivity contribution is 5.56. The molecule has 1 atom stereocenters.